The molecular formula is C13H8Cl2FNO3. The number of alkyl halides is 1. The number of rotatable bonds is 4. The van der Waals surface area contributed by atoms with Crippen molar-refractivity contribution in [3.8, 4) is 11.5 Å². The van der Waals surface area contributed by atoms with Gasteiger partial charge in [0, 0.05) is 16.7 Å². The summed E-state index contributed by atoms with van der Waals surface area (Å²) in [5.41, 5.74) is 0.0825. The second kappa shape index (κ2) is 6.07. The van der Waals surface area contributed by atoms with E-state index in [0.29, 0.717) is 10.6 Å². The Kier molecular flexibility index (Phi) is 4.42. The van der Waals surface area contributed by atoms with Crippen molar-refractivity contribution in [1.29, 1.82) is 0 Å². The zero-order valence-corrected chi connectivity index (χ0v) is 11.5. The van der Waals surface area contributed by atoms with Crippen LogP contribution in [-0.4, -0.2) is 4.92 Å². The fourth-order valence-corrected chi connectivity index (χ4v) is 1.97. The van der Waals surface area contributed by atoms with Crippen molar-refractivity contribution in [3.63, 3.8) is 0 Å². The third kappa shape index (κ3) is 3.00. The zero-order valence-electron chi connectivity index (χ0n) is 9.98. The quantitative estimate of drug-likeness (QED) is 0.457. The lowest BCUT2D eigenvalue weighted by Gasteiger charge is -2.10. The number of halogens is 3. The fourth-order valence-electron chi connectivity index (χ4n) is 1.59. The van der Waals surface area contributed by atoms with Crippen molar-refractivity contribution in [2.75, 3.05) is 0 Å². The Hall–Kier alpha value is -1.85. The highest BCUT2D eigenvalue weighted by atomic mass is 35.5. The topological polar surface area (TPSA) is 52.4 Å². The van der Waals surface area contributed by atoms with E-state index in [4.69, 9.17) is 27.9 Å². The number of nitro benzene ring substituents is 1. The van der Waals surface area contributed by atoms with Crippen LogP contribution in [0.15, 0.2) is 36.4 Å². The van der Waals surface area contributed by atoms with Crippen LogP contribution in [0.3, 0.4) is 0 Å². The van der Waals surface area contributed by atoms with Gasteiger partial charge in [0.05, 0.1) is 10.8 Å². The van der Waals surface area contributed by atoms with Crippen molar-refractivity contribution in [2.24, 2.45) is 0 Å². The SMILES string of the molecule is O=[N+]([O-])c1cccc(F)c1Oc1cc(Cl)ccc1CCl. The van der Waals surface area contributed by atoms with Gasteiger partial charge in [-0.15, -0.1) is 11.6 Å². The number of nitrogens with zero attached hydrogens (tertiary/aromatic N) is 1. The van der Waals surface area contributed by atoms with E-state index in [2.05, 4.69) is 0 Å². The van der Waals surface area contributed by atoms with Gasteiger partial charge in [0.15, 0.2) is 5.82 Å². The molecular weight excluding hydrogens is 308 g/mol. The molecule has 2 aromatic rings. The molecule has 0 unspecified atom stereocenters. The molecule has 0 fully saturated rings. The fraction of sp³-hybridized carbons (Fsp3) is 0.0769. The largest absolute Gasteiger partial charge is 0.447 e. The third-order valence-electron chi connectivity index (χ3n) is 2.53. The predicted octanol–water partition coefficient (Wildman–Crippen LogP) is 4.92. The van der Waals surface area contributed by atoms with Gasteiger partial charge in [-0.05, 0) is 18.2 Å². The Labute approximate surface area is 123 Å². The number of hydrogen-bond donors (Lipinski definition) is 0. The summed E-state index contributed by atoms with van der Waals surface area (Å²) in [6.45, 7) is 0. The summed E-state index contributed by atoms with van der Waals surface area (Å²) in [6, 6.07) is 8.10. The summed E-state index contributed by atoms with van der Waals surface area (Å²) < 4.78 is 19.1. The minimum atomic E-state index is -0.834. The Morgan fingerprint density at radius 1 is 1.30 bits per heavy atom. The molecule has 0 radical (unpaired) electrons. The molecule has 2 rings (SSSR count). The first-order valence-electron chi connectivity index (χ1n) is 5.48. The van der Waals surface area contributed by atoms with Gasteiger partial charge >= 0.3 is 5.69 Å². The van der Waals surface area contributed by atoms with E-state index in [1.807, 2.05) is 0 Å². The van der Waals surface area contributed by atoms with Gasteiger partial charge in [0.2, 0.25) is 5.75 Å². The van der Waals surface area contributed by atoms with Crippen molar-refractivity contribution in [3.05, 3.63) is 62.9 Å². The first-order chi connectivity index (χ1) is 9.52. The van der Waals surface area contributed by atoms with Crippen LogP contribution in [0.25, 0.3) is 0 Å². The van der Waals surface area contributed by atoms with Crippen molar-refractivity contribution < 1.29 is 14.1 Å². The van der Waals surface area contributed by atoms with Crippen LogP contribution in [0.4, 0.5) is 10.1 Å². The number of benzene rings is 2. The molecule has 0 spiro atoms. The van der Waals surface area contributed by atoms with Gasteiger partial charge in [0.25, 0.3) is 0 Å². The first kappa shape index (κ1) is 14.6. The highest BCUT2D eigenvalue weighted by Gasteiger charge is 2.21. The molecule has 7 heteroatoms. The summed E-state index contributed by atoms with van der Waals surface area (Å²) in [4.78, 5) is 10.2. The summed E-state index contributed by atoms with van der Waals surface area (Å²) in [6.07, 6.45) is 0. The molecule has 0 saturated carbocycles. The Bertz CT molecular complexity index is 664. The molecule has 0 bridgehead atoms. The second-order valence-electron chi connectivity index (χ2n) is 3.83. The van der Waals surface area contributed by atoms with Crippen LogP contribution in [0, 0.1) is 15.9 Å². The molecule has 2 aromatic carbocycles. The normalized spacial score (nSPS) is 10.3. The number of para-hydroxylation sites is 1. The second-order valence-corrected chi connectivity index (χ2v) is 4.54. The number of nitro groups is 1. The van der Waals surface area contributed by atoms with Crippen LogP contribution in [0.2, 0.25) is 5.02 Å². The average Bonchev–Trinajstić information content (AvgIpc) is 2.41. The molecule has 0 aliphatic rings. The van der Waals surface area contributed by atoms with Crippen LogP contribution < -0.4 is 4.74 Å². The van der Waals surface area contributed by atoms with Crippen LogP contribution in [-0.2, 0) is 5.88 Å². The Balaban J connectivity index is 2.50. The zero-order chi connectivity index (χ0) is 14.7. The van der Waals surface area contributed by atoms with E-state index in [9.17, 15) is 14.5 Å². The Morgan fingerprint density at radius 3 is 2.70 bits per heavy atom. The summed E-state index contributed by atoms with van der Waals surface area (Å²) in [5, 5.41) is 11.2. The van der Waals surface area contributed by atoms with Gasteiger partial charge in [-0.1, -0.05) is 23.7 Å². The van der Waals surface area contributed by atoms with Gasteiger partial charge in [-0.2, -0.15) is 0 Å². The van der Waals surface area contributed by atoms with Crippen LogP contribution in [0.1, 0.15) is 5.56 Å². The van der Waals surface area contributed by atoms with Crippen molar-refractivity contribution in [1.82, 2.24) is 0 Å². The molecule has 0 amide bonds. The monoisotopic (exact) mass is 315 g/mol. The third-order valence-corrected chi connectivity index (χ3v) is 3.05. The standard InChI is InChI=1S/C13H8Cl2FNO3/c14-7-8-4-5-9(15)6-12(8)20-13-10(16)2-1-3-11(13)17(18)19/h1-6H,7H2. The van der Waals surface area contributed by atoms with Crippen molar-refractivity contribution in [2.45, 2.75) is 5.88 Å². The molecule has 4 nitrogen and oxygen atoms in total. The average molecular weight is 316 g/mol. The van der Waals surface area contributed by atoms with Gasteiger partial charge in [0.1, 0.15) is 5.75 Å². The van der Waals surface area contributed by atoms with Crippen LogP contribution >= 0.6 is 23.2 Å². The maximum absolute atomic E-state index is 13.7. The van der Waals surface area contributed by atoms with Gasteiger partial charge in [-0.25, -0.2) is 4.39 Å². The number of hydrogen-bond acceptors (Lipinski definition) is 3. The van der Waals surface area contributed by atoms with E-state index in [0.717, 1.165) is 12.1 Å². The van der Waals surface area contributed by atoms with E-state index in [1.54, 1.807) is 12.1 Å². The smallest absolute Gasteiger partial charge is 0.314 e. The molecule has 0 aliphatic heterocycles. The lowest BCUT2D eigenvalue weighted by atomic mass is 10.2. The maximum atomic E-state index is 13.7. The van der Waals surface area contributed by atoms with Crippen LogP contribution in [0.5, 0.6) is 11.5 Å². The molecule has 0 aliphatic carbocycles. The molecule has 20 heavy (non-hydrogen) atoms. The maximum Gasteiger partial charge on any atom is 0.314 e. The van der Waals surface area contributed by atoms with E-state index >= 15 is 0 Å². The molecule has 104 valence electrons. The van der Waals surface area contributed by atoms with Gasteiger partial charge in [-0.3, -0.25) is 10.1 Å². The van der Waals surface area contributed by atoms with E-state index < -0.39 is 22.2 Å². The summed E-state index contributed by atoms with van der Waals surface area (Å²) in [5.74, 6) is -1.01. The summed E-state index contributed by atoms with van der Waals surface area (Å²) in [7, 11) is 0. The number of ether oxygens (including phenoxy) is 1. The highest BCUT2D eigenvalue weighted by molar-refractivity contribution is 6.30. The summed E-state index contributed by atoms with van der Waals surface area (Å²) >= 11 is 11.6. The van der Waals surface area contributed by atoms with E-state index in [1.165, 1.54) is 12.1 Å². The molecule has 0 atom stereocenters. The van der Waals surface area contributed by atoms with E-state index in [-0.39, 0.29) is 11.6 Å². The lowest BCUT2D eigenvalue weighted by Crippen LogP contribution is -1.97. The molecule has 0 saturated heterocycles. The highest BCUT2D eigenvalue weighted by Crippen LogP contribution is 2.36. The van der Waals surface area contributed by atoms with Gasteiger partial charge < -0.3 is 4.74 Å². The van der Waals surface area contributed by atoms with Crippen molar-refractivity contribution >= 4 is 28.9 Å². The first-order valence-corrected chi connectivity index (χ1v) is 6.39. The minimum Gasteiger partial charge on any atom is -0.447 e. The molecule has 0 N–H and O–H groups in total. The molecule has 0 heterocycles. The lowest BCUT2D eigenvalue weighted by molar-refractivity contribution is -0.385. The Morgan fingerprint density at radius 2 is 2.05 bits per heavy atom. The molecule has 0 aromatic heterocycles. The minimum absolute atomic E-state index is 0.106. The predicted molar refractivity (Wildman–Crippen MR) is 74.1 cm³/mol.